The van der Waals surface area contributed by atoms with Crippen LogP contribution in [0, 0.1) is 0 Å². The van der Waals surface area contributed by atoms with Gasteiger partial charge in [-0.1, -0.05) is 0 Å². The van der Waals surface area contributed by atoms with Crippen LogP contribution in [0.15, 0.2) is 23.7 Å². The first-order chi connectivity index (χ1) is 7.67. The van der Waals surface area contributed by atoms with Gasteiger partial charge in [-0.05, 0) is 27.7 Å². The van der Waals surface area contributed by atoms with Crippen LogP contribution in [0.2, 0.25) is 0 Å². The summed E-state index contributed by atoms with van der Waals surface area (Å²) in [5.41, 5.74) is 0. The summed E-state index contributed by atoms with van der Waals surface area (Å²) in [7, 11) is 0. The maximum atomic E-state index is 10.0. The Hall–Kier alpha value is -1.29. The van der Waals surface area contributed by atoms with Crippen LogP contribution in [0.25, 0.3) is 0 Å². The van der Waals surface area contributed by atoms with E-state index in [1.807, 2.05) is 0 Å². The molecule has 0 aliphatic heterocycles. The molecule has 0 aliphatic rings. The Labute approximate surface area is 108 Å². The number of hydrogen-bond acceptors (Lipinski definition) is 6. The third-order valence-electron chi connectivity index (χ3n) is 0.824. The van der Waals surface area contributed by atoms with Crippen molar-refractivity contribution in [3.05, 3.63) is 23.7 Å². The maximum absolute atomic E-state index is 10.0. The van der Waals surface area contributed by atoms with Crippen LogP contribution in [0.3, 0.4) is 0 Å². The Morgan fingerprint density at radius 3 is 1.00 bits per heavy atom. The SMILES string of the molecule is CC(=O)/C=C(/C)O.CC(=O)/C=C(/C)O.[O]=[Mo]=[O]. The van der Waals surface area contributed by atoms with Crippen LogP contribution < -0.4 is 0 Å². The molecule has 0 atom stereocenters. The molecule has 0 aromatic rings. The minimum absolute atomic E-state index is 0.0625. The van der Waals surface area contributed by atoms with Crippen molar-refractivity contribution in [2.24, 2.45) is 0 Å². The fourth-order valence-corrected chi connectivity index (χ4v) is 0.588. The first-order valence-electron chi connectivity index (χ1n) is 4.34. The molecule has 0 saturated carbocycles. The molecule has 17 heavy (non-hydrogen) atoms. The minimum atomic E-state index is -2.03. The molecule has 0 amide bonds. The van der Waals surface area contributed by atoms with Gasteiger partial charge in [-0.2, -0.15) is 0 Å². The van der Waals surface area contributed by atoms with Crippen molar-refractivity contribution >= 4 is 11.6 Å². The van der Waals surface area contributed by atoms with Gasteiger partial charge in [-0.3, -0.25) is 9.59 Å². The number of allylic oxidation sites excluding steroid dienone is 4. The second kappa shape index (κ2) is 14.7. The van der Waals surface area contributed by atoms with Gasteiger partial charge in [0.25, 0.3) is 0 Å². The quantitative estimate of drug-likeness (QED) is 0.455. The fraction of sp³-hybridized carbons (Fsp3) is 0.400. The van der Waals surface area contributed by atoms with E-state index in [1.54, 1.807) is 0 Å². The average molecular weight is 328 g/mol. The zero-order valence-corrected chi connectivity index (χ0v) is 12.1. The molecule has 2 N–H and O–H groups in total. The van der Waals surface area contributed by atoms with Gasteiger partial charge >= 0.3 is 25.3 Å². The molecule has 7 heteroatoms. The van der Waals surface area contributed by atoms with Crippen LogP contribution in [0.1, 0.15) is 27.7 Å². The van der Waals surface area contributed by atoms with E-state index in [0.29, 0.717) is 0 Å². The number of carbonyl (C=O) groups excluding carboxylic acids is 2. The summed E-state index contributed by atoms with van der Waals surface area (Å²) in [6, 6.07) is 0. The van der Waals surface area contributed by atoms with Gasteiger partial charge in [0, 0.05) is 12.2 Å². The molecule has 0 unspecified atom stereocenters. The van der Waals surface area contributed by atoms with E-state index < -0.39 is 18.5 Å². The molecule has 0 bridgehead atoms. The molecule has 0 saturated heterocycles. The van der Waals surface area contributed by atoms with E-state index >= 15 is 0 Å². The molecule has 0 fully saturated rings. The zero-order chi connectivity index (χ0) is 14.4. The monoisotopic (exact) mass is 330 g/mol. The summed E-state index contributed by atoms with van der Waals surface area (Å²) in [5, 5.41) is 16.7. The van der Waals surface area contributed by atoms with Crippen molar-refractivity contribution in [2.75, 3.05) is 0 Å². The van der Waals surface area contributed by atoms with Crippen molar-refractivity contribution in [2.45, 2.75) is 27.7 Å². The third-order valence-corrected chi connectivity index (χ3v) is 0.824. The van der Waals surface area contributed by atoms with E-state index in [-0.39, 0.29) is 23.1 Å². The second-order valence-electron chi connectivity index (χ2n) is 2.86. The van der Waals surface area contributed by atoms with E-state index in [4.69, 9.17) is 17.0 Å². The molecule has 0 spiro atoms. The standard InChI is InChI=1S/2C5H8O2.Mo.2O/c2*1-4(6)3-5(2)7;;;/h2*3,6H,1-2H3;;;/b2*4-3-;;;. The Morgan fingerprint density at radius 2 is 1.00 bits per heavy atom. The first-order valence-corrected chi connectivity index (χ1v) is 5.98. The van der Waals surface area contributed by atoms with Crippen molar-refractivity contribution in [1.29, 1.82) is 0 Å². The number of aliphatic hydroxyl groups is 2. The van der Waals surface area contributed by atoms with Crippen molar-refractivity contribution < 1.29 is 45.1 Å². The summed E-state index contributed by atoms with van der Waals surface area (Å²) >= 11 is -2.03. The normalized spacial score (nSPS) is 10.1. The van der Waals surface area contributed by atoms with Gasteiger partial charge < -0.3 is 10.2 Å². The van der Waals surface area contributed by atoms with Crippen LogP contribution in [0.5, 0.6) is 0 Å². The number of aliphatic hydroxyl groups excluding tert-OH is 2. The summed E-state index contributed by atoms with van der Waals surface area (Å²) in [4.78, 5) is 20.0. The summed E-state index contributed by atoms with van der Waals surface area (Å²) in [5.74, 6) is -0.125. The van der Waals surface area contributed by atoms with Crippen molar-refractivity contribution in [3.8, 4) is 0 Å². The van der Waals surface area contributed by atoms with Crippen molar-refractivity contribution in [1.82, 2.24) is 0 Å². The number of hydrogen-bond donors (Lipinski definition) is 2. The molecule has 0 aromatic heterocycles. The van der Waals surface area contributed by atoms with Crippen LogP contribution in [-0.4, -0.2) is 21.8 Å². The molecule has 0 aromatic carbocycles. The number of rotatable bonds is 2. The summed E-state index contributed by atoms with van der Waals surface area (Å²) in [6.07, 6.45) is 2.33. The molecule has 0 heterocycles. The predicted molar refractivity (Wildman–Crippen MR) is 55.5 cm³/mol. The fourth-order valence-electron chi connectivity index (χ4n) is 0.588. The van der Waals surface area contributed by atoms with Crippen molar-refractivity contribution in [3.63, 3.8) is 0 Å². The number of carbonyl (C=O) groups is 2. The average Bonchev–Trinajstić information content (AvgIpc) is 1.99. The topological polar surface area (TPSA) is 109 Å². The van der Waals surface area contributed by atoms with Crippen LogP contribution >= 0.6 is 0 Å². The van der Waals surface area contributed by atoms with E-state index in [9.17, 15) is 9.59 Å². The Bertz CT molecular complexity index is 301. The molecule has 6 nitrogen and oxygen atoms in total. The molecular weight excluding hydrogens is 312 g/mol. The summed E-state index contributed by atoms with van der Waals surface area (Å²) in [6.45, 7) is 5.70. The molecule has 0 rings (SSSR count). The Balaban J connectivity index is -0.000000188. The Kier molecular flexibility index (Phi) is 18.2. The molecule has 0 radical (unpaired) electrons. The molecule has 98 valence electrons. The van der Waals surface area contributed by atoms with Crippen LogP contribution in [0.4, 0.5) is 0 Å². The zero-order valence-electron chi connectivity index (χ0n) is 10.1. The predicted octanol–water partition coefficient (Wildman–Crippen LogP) is 1.83. The third kappa shape index (κ3) is 52.8. The van der Waals surface area contributed by atoms with Gasteiger partial charge in [-0.25, -0.2) is 0 Å². The van der Waals surface area contributed by atoms with Crippen LogP contribution in [-0.2, 0) is 34.9 Å². The van der Waals surface area contributed by atoms with E-state index in [2.05, 4.69) is 0 Å². The molecule has 0 aliphatic carbocycles. The van der Waals surface area contributed by atoms with Gasteiger partial charge in [-0.15, -0.1) is 0 Å². The first kappa shape index (κ1) is 21.0. The van der Waals surface area contributed by atoms with Gasteiger partial charge in [0.1, 0.15) is 0 Å². The Morgan fingerprint density at radius 1 is 0.824 bits per heavy atom. The summed E-state index contributed by atoms with van der Waals surface area (Å²) < 4.78 is 17.0. The number of ketones is 2. The second-order valence-corrected chi connectivity index (χ2v) is 3.20. The van der Waals surface area contributed by atoms with Gasteiger partial charge in [0.2, 0.25) is 0 Å². The molecular formula is C10H16MoO6. The van der Waals surface area contributed by atoms with E-state index in [0.717, 1.165) is 0 Å². The van der Waals surface area contributed by atoms with Gasteiger partial charge in [0.15, 0.2) is 11.6 Å². The van der Waals surface area contributed by atoms with E-state index in [1.165, 1.54) is 39.8 Å². The van der Waals surface area contributed by atoms with Gasteiger partial charge in [0.05, 0.1) is 11.5 Å².